The van der Waals surface area contributed by atoms with Crippen LogP contribution in [0.1, 0.15) is 28.8 Å². The van der Waals surface area contributed by atoms with Crippen molar-refractivity contribution in [1.29, 1.82) is 0 Å². The maximum atomic E-state index is 11.9. The number of nitrogens with one attached hydrogen (secondary N) is 1. The molecule has 5 heteroatoms. The van der Waals surface area contributed by atoms with Gasteiger partial charge in [0.15, 0.2) is 11.5 Å². The van der Waals surface area contributed by atoms with Gasteiger partial charge in [-0.3, -0.25) is 4.79 Å². The fraction of sp³-hybridized carbons (Fsp3) is 0.214. The number of hydrogen-bond donors (Lipinski definition) is 3. The summed E-state index contributed by atoms with van der Waals surface area (Å²) < 4.78 is 0. The molecule has 0 unspecified atom stereocenters. The third-order valence-electron chi connectivity index (χ3n) is 2.92. The zero-order chi connectivity index (χ0) is 13.8. The second kappa shape index (κ2) is 5.75. The Hall–Kier alpha value is -2.01. The van der Waals surface area contributed by atoms with Gasteiger partial charge in [0, 0.05) is 12.1 Å². The van der Waals surface area contributed by atoms with Crippen LogP contribution in [0.4, 0.5) is 0 Å². The standard InChI is InChI=1S/C14H15NO3S/c1-9(11-4-5-19-8-11)7-15-14(18)10-2-3-12(16)13(17)6-10/h2-6,8-9,16-17H,7H2,1H3,(H,15,18)/t9-/m0/s1. The number of carbonyl (C=O) groups is 1. The minimum Gasteiger partial charge on any atom is -0.504 e. The normalized spacial score (nSPS) is 12.1. The molecule has 19 heavy (non-hydrogen) atoms. The van der Waals surface area contributed by atoms with E-state index in [0.717, 1.165) is 0 Å². The third-order valence-corrected chi connectivity index (χ3v) is 3.62. The maximum Gasteiger partial charge on any atom is 0.251 e. The van der Waals surface area contributed by atoms with Crippen molar-refractivity contribution in [1.82, 2.24) is 5.32 Å². The molecule has 1 amide bonds. The lowest BCUT2D eigenvalue weighted by molar-refractivity contribution is 0.0951. The van der Waals surface area contributed by atoms with Gasteiger partial charge in [-0.1, -0.05) is 6.92 Å². The Morgan fingerprint density at radius 2 is 2.11 bits per heavy atom. The predicted molar refractivity (Wildman–Crippen MR) is 74.8 cm³/mol. The molecule has 1 heterocycles. The quantitative estimate of drug-likeness (QED) is 0.753. The first kappa shape index (κ1) is 13.4. The van der Waals surface area contributed by atoms with Crippen LogP contribution < -0.4 is 5.32 Å². The Bertz CT molecular complexity index is 566. The first-order valence-electron chi connectivity index (χ1n) is 5.90. The summed E-state index contributed by atoms with van der Waals surface area (Å²) in [5.41, 5.74) is 1.52. The Kier molecular flexibility index (Phi) is 4.06. The molecule has 2 aromatic rings. The summed E-state index contributed by atoms with van der Waals surface area (Å²) in [4.78, 5) is 11.9. The molecular weight excluding hydrogens is 262 g/mol. The summed E-state index contributed by atoms with van der Waals surface area (Å²) in [5, 5.41) is 25.4. The summed E-state index contributed by atoms with van der Waals surface area (Å²) in [6, 6.07) is 6.06. The smallest absolute Gasteiger partial charge is 0.251 e. The molecule has 2 rings (SSSR count). The van der Waals surface area contributed by atoms with Gasteiger partial charge < -0.3 is 15.5 Å². The molecule has 0 fully saturated rings. The third kappa shape index (κ3) is 3.26. The Morgan fingerprint density at radius 3 is 2.74 bits per heavy atom. The van der Waals surface area contributed by atoms with E-state index < -0.39 is 0 Å². The van der Waals surface area contributed by atoms with Crippen LogP contribution in [-0.4, -0.2) is 22.7 Å². The summed E-state index contributed by atoms with van der Waals surface area (Å²) in [7, 11) is 0. The molecule has 0 aliphatic heterocycles. The van der Waals surface area contributed by atoms with Crippen molar-refractivity contribution in [3.8, 4) is 11.5 Å². The summed E-state index contributed by atoms with van der Waals surface area (Å²) in [6.07, 6.45) is 0. The number of thiophene rings is 1. The Morgan fingerprint density at radius 1 is 1.32 bits per heavy atom. The molecule has 0 bridgehead atoms. The van der Waals surface area contributed by atoms with Crippen LogP contribution in [0.25, 0.3) is 0 Å². The highest BCUT2D eigenvalue weighted by molar-refractivity contribution is 7.07. The minimum absolute atomic E-state index is 0.233. The van der Waals surface area contributed by atoms with Crippen LogP contribution in [0.5, 0.6) is 11.5 Å². The van der Waals surface area contributed by atoms with Gasteiger partial charge in [-0.25, -0.2) is 0 Å². The number of carbonyl (C=O) groups excluding carboxylic acids is 1. The number of aromatic hydroxyl groups is 2. The molecule has 1 atom stereocenters. The second-order valence-corrected chi connectivity index (χ2v) is 5.15. The highest BCUT2D eigenvalue weighted by atomic mass is 32.1. The van der Waals surface area contributed by atoms with Gasteiger partial charge in [-0.05, 0) is 46.5 Å². The van der Waals surface area contributed by atoms with E-state index in [1.165, 1.54) is 23.8 Å². The fourth-order valence-corrected chi connectivity index (χ4v) is 2.47. The fourth-order valence-electron chi connectivity index (χ4n) is 1.69. The van der Waals surface area contributed by atoms with Crippen LogP contribution in [0.3, 0.4) is 0 Å². The van der Waals surface area contributed by atoms with E-state index in [2.05, 4.69) is 10.7 Å². The van der Waals surface area contributed by atoms with Crippen LogP contribution in [0.2, 0.25) is 0 Å². The van der Waals surface area contributed by atoms with Crippen molar-refractivity contribution < 1.29 is 15.0 Å². The van der Waals surface area contributed by atoms with E-state index in [-0.39, 0.29) is 23.3 Å². The molecule has 3 N–H and O–H groups in total. The number of amides is 1. The van der Waals surface area contributed by atoms with Gasteiger partial charge in [0.25, 0.3) is 5.91 Å². The number of phenolic OH excluding ortho intramolecular Hbond substituents is 2. The number of rotatable bonds is 4. The molecule has 1 aromatic heterocycles. The second-order valence-electron chi connectivity index (χ2n) is 4.37. The molecule has 0 spiro atoms. The largest absolute Gasteiger partial charge is 0.504 e. The number of phenols is 2. The van der Waals surface area contributed by atoms with E-state index in [1.807, 2.05) is 18.4 Å². The Labute approximate surface area is 115 Å². The molecule has 0 aliphatic carbocycles. The van der Waals surface area contributed by atoms with Crippen LogP contribution in [0, 0.1) is 0 Å². The first-order valence-corrected chi connectivity index (χ1v) is 6.84. The number of hydrogen-bond acceptors (Lipinski definition) is 4. The lowest BCUT2D eigenvalue weighted by Gasteiger charge is -2.11. The highest BCUT2D eigenvalue weighted by Crippen LogP contribution is 2.25. The van der Waals surface area contributed by atoms with E-state index >= 15 is 0 Å². The van der Waals surface area contributed by atoms with Crippen molar-refractivity contribution in [3.05, 3.63) is 46.2 Å². The van der Waals surface area contributed by atoms with E-state index in [1.54, 1.807) is 11.3 Å². The maximum absolute atomic E-state index is 11.9. The topological polar surface area (TPSA) is 69.6 Å². The molecular formula is C14H15NO3S. The van der Waals surface area contributed by atoms with Crippen LogP contribution in [-0.2, 0) is 0 Å². The van der Waals surface area contributed by atoms with Crippen molar-refractivity contribution >= 4 is 17.2 Å². The average Bonchev–Trinajstić information content (AvgIpc) is 2.92. The molecule has 0 aliphatic rings. The van der Waals surface area contributed by atoms with Gasteiger partial charge in [-0.2, -0.15) is 11.3 Å². The summed E-state index contributed by atoms with van der Waals surface area (Å²) in [5.74, 6) is -0.556. The average molecular weight is 277 g/mol. The van der Waals surface area contributed by atoms with Gasteiger partial charge in [0.05, 0.1) is 0 Å². The van der Waals surface area contributed by atoms with Gasteiger partial charge in [0.2, 0.25) is 0 Å². The lowest BCUT2D eigenvalue weighted by atomic mass is 10.1. The molecule has 0 saturated carbocycles. The SMILES string of the molecule is C[C@@H](CNC(=O)c1ccc(O)c(O)c1)c1ccsc1. The molecule has 1 aromatic carbocycles. The van der Waals surface area contributed by atoms with Crippen molar-refractivity contribution in [3.63, 3.8) is 0 Å². The van der Waals surface area contributed by atoms with E-state index in [4.69, 9.17) is 0 Å². The zero-order valence-electron chi connectivity index (χ0n) is 10.5. The lowest BCUT2D eigenvalue weighted by Crippen LogP contribution is -2.27. The van der Waals surface area contributed by atoms with Crippen molar-refractivity contribution in [2.75, 3.05) is 6.54 Å². The molecule has 4 nitrogen and oxygen atoms in total. The first-order chi connectivity index (χ1) is 9.08. The molecule has 0 radical (unpaired) electrons. The van der Waals surface area contributed by atoms with E-state index in [9.17, 15) is 15.0 Å². The summed E-state index contributed by atoms with van der Waals surface area (Å²) in [6.45, 7) is 2.56. The van der Waals surface area contributed by atoms with Crippen LogP contribution >= 0.6 is 11.3 Å². The van der Waals surface area contributed by atoms with E-state index in [0.29, 0.717) is 12.1 Å². The monoisotopic (exact) mass is 277 g/mol. The van der Waals surface area contributed by atoms with Crippen LogP contribution in [0.15, 0.2) is 35.0 Å². The predicted octanol–water partition coefficient (Wildman–Crippen LogP) is 2.69. The van der Waals surface area contributed by atoms with Gasteiger partial charge in [0.1, 0.15) is 0 Å². The zero-order valence-corrected chi connectivity index (χ0v) is 11.3. The minimum atomic E-state index is -0.293. The summed E-state index contributed by atoms with van der Waals surface area (Å²) >= 11 is 1.63. The van der Waals surface area contributed by atoms with Crippen molar-refractivity contribution in [2.24, 2.45) is 0 Å². The van der Waals surface area contributed by atoms with Crippen molar-refractivity contribution in [2.45, 2.75) is 12.8 Å². The van der Waals surface area contributed by atoms with Gasteiger partial charge in [-0.15, -0.1) is 0 Å². The highest BCUT2D eigenvalue weighted by Gasteiger charge is 2.11. The number of benzene rings is 1. The van der Waals surface area contributed by atoms with Gasteiger partial charge >= 0.3 is 0 Å². The Balaban J connectivity index is 1.96. The molecule has 0 saturated heterocycles. The molecule has 100 valence electrons.